The fraction of sp³-hybridized carbons (Fsp3) is 0.375. The molecule has 16 heavy (non-hydrogen) atoms. The number of hydrogen-bond acceptors (Lipinski definition) is 3. The van der Waals surface area contributed by atoms with Gasteiger partial charge in [0, 0.05) is 24.2 Å². The number of halogens is 3. The van der Waals surface area contributed by atoms with Gasteiger partial charge in [-0.05, 0) is 17.8 Å². The van der Waals surface area contributed by atoms with Crippen LogP contribution in [0.1, 0.15) is 10.5 Å². The smallest absolute Gasteiger partial charge is 0.397 e. The van der Waals surface area contributed by atoms with E-state index in [1.54, 1.807) is 0 Å². The van der Waals surface area contributed by atoms with E-state index < -0.39 is 11.4 Å². The van der Waals surface area contributed by atoms with E-state index >= 15 is 0 Å². The Balaban J connectivity index is 2.26. The number of aromatic amines is 1. The van der Waals surface area contributed by atoms with Gasteiger partial charge in [0.25, 0.3) is 5.91 Å². The highest BCUT2D eigenvalue weighted by Crippen LogP contribution is 2.29. The van der Waals surface area contributed by atoms with Crippen LogP contribution in [0.15, 0.2) is 12.3 Å². The van der Waals surface area contributed by atoms with Crippen molar-refractivity contribution in [2.24, 2.45) is 0 Å². The molecule has 0 spiro atoms. The lowest BCUT2D eigenvalue weighted by Gasteiger charge is -2.06. The van der Waals surface area contributed by atoms with E-state index in [1.807, 2.05) is 0 Å². The Kier molecular flexibility index (Phi) is 4.11. The molecule has 0 saturated carbocycles. The van der Waals surface area contributed by atoms with E-state index in [2.05, 4.69) is 10.3 Å². The first-order chi connectivity index (χ1) is 7.38. The summed E-state index contributed by atoms with van der Waals surface area (Å²) in [6.45, 7) is -0.0536. The molecular formula is C8H10F3N3OS. The van der Waals surface area contributed by atoms with E-state index in [4.69, 9.17) is 5.73 Å². The fourth-order valence-electron chi connectivity index (χ4n) is 0.969. The number of H-pyrrole nitrogens is 1. The number of carbonyl (C=O) groups is 1. The highest BCUT2D eigenvalue weighted by molar-refractivity contribution is 8.00. The molecule has 4 N–H and O–H groups in total. The van der Waals surface area contributed by atoms with Crippen LogP contribution in [0.4, 0.5) is 18.9 Å². The highest BCUT2D eigenvalue weighted by Gasteiger charge is 2.27. The molecule has 0 bridgehead atoms. The zero-order valence-corrected chi connectivity index (χ0v) is 8.91. The SMILES string of the molecule is Nc1c[nH]c(C(=O)NCCSC(F)(F)F)c1. The first kappa shape index (κ1) is 12.8. The van der Waals surface area contributed by atoms with Gasteiger partial charge in [0.05, 0.1) is 0 Å². The minimum Gasteiger partial charge on any atom is -0.397 e. The monoisotopic (exact) mass is 253 g/mol. The molecule has 0 atom stereocenters. The molecule has 90 valence electrons. The van der Waals surface area contributed by atoms with E-state index in [-0.39, 0.29) is 29.8 Å². The van der Waals surface area contributed by atoms with Gasteiger partial charge in [0.15, 0.2) is 0 Å². The maximum Gasteiger partial charge on any atom is 0.441 e. The second-order valence-electron chi connectivity index (χ2n) is 2.90. The van der Waals surface area contributed by atoms with Crippen LogP contribution in [0, 0.1) is 0 Å². The molecule has 8 heteroatoms. The number of nitrogens with one attached hydrogen (secondary N) is 2. The fourth-order valence-corrected chi connectivity index (χ4v) is 1.40. The van der Waals surface area contributed by atoms with Crippen molar-refractivity contribution in [1.29, 1.82) is 0 Å². The molecule has 4 nitrogen and oxygen atoms in total. The number of aromatic nitrogens is 1. The predicted molar refractivity (Wildman–Crippen MR) is 56.1 cm³/mol. The lowest BCUT2D eigenvalue weighted by molar-refractivity contribution is -0.0327. The molecule has 0 aromatic carbocycles. The molecule has 0 saturated heterocycles. The summed E-state index contributed by atoms with van der Waals surface area (Å²) in [4.78, 5) is 13.9. The Morgan fingerprint density at radius 2 is 2.25 bits per heavy atom. The molecule has 0 aliphatic carbocycles. The van der Waals surface area contributed by atoms with Crippen LogP contribution in [0.2, 0.25) is 0 Å². The van der Waals surface area contributed by atoms with Gasteiger partial charge in [-0.3, -0.25) is 4.79 Å². The van der Waals surface area contributed by atoms with Crippen molar-refractivity contribution in [3.8, 4) is 0 Å². The standard InChI is InChI=1S/C8H10F3N3OS/c9-8(10,11)16-2-1-13-7(15)6-3-5(12)4-14-6/h3-4,14H,1-2,12H2,(H,13,15). The first-order valence-electron chi connectivity index (χ1n) is 4.31. The molecule has 0 aliphatic heterocycles. The van der Waals surface area contributed by atoms with Crippen LogP contribution < -0.4 is 11.1 Å². The van der Waals surface area contributed by atoms with Gasteiger partial charge in [-0.25, -0.2) is 0 Å². The van der Waals surface area contributed by atoms with Crippen molar-refractivity contribution in [2.75, 3.05) is 18.0 Å². The Labute approximate surface area is 93.8 Å². The number of amides is 1. The first-order valence-corrected chi connectivity index (χ1v) is 5.30. The van der Waals surface area contributed by atoms with Gasteiger partial charge in [-0.1, -0.05) is 0 Å². The summed E-state index contributed by atoms with van der Waals surface area (Å²) in [5.74, 6) is -0.690. The second-order valence-corrected chi connectivity index (χ2v) is 4.06. The van der Waals surface area contributed by atoms with Crippen molar-refractivity contribution in [2.45, 2.75) is 5.51 Å². The summed E-state index contributed by atoms with van der Waals surface area (Å²) in [6.07, 6.45) is 1.43. The number of nitrogens with two attached hydrogens (primary N) is 1. The van der Waals surface area contributed by atoms with Crippen LogP contribution >= 0.6 is 11.8 Å². The third-order valence-electron chi connectivity index (χ3n) is 1.60. The molecule has 1 aromatic heterocycles. The normalized spacial score (nSPS) is 11.4. The summed E-state index contributed by atoms with van der Waals surface area (Å²) in [6, 6.07) is 1.41. The summed E-state index contributed by atoms with van der Waals surface area (Å²) in [5.41, 5.74) is 1.73. The van der Waals surface area contributed by atoms with Crippen LogP contribution in [0.3, 0.4) is 0 Å². The summed E-state index contributed by atoms with van der Waals surface area (Å²) in [5, 5.41) is 2.34. The summed E-state index contributed by atoms with van der Waals surface area (Å²) < 4.78 is 35.2. The lowest BCUT2D eigenvalue weighted by Crippen LogP contribution is -2.26. The minimum atomic E-state index is -4.26. The minimum absolute atomic E-state index is 0.0536. The zero-order chi connectivity index (χ0) is 12.2. The molecule has 0 radical (unpaired) electrons. The Morgan fingerprint density at radius 3 is 2.75 bits per heavy atom. The third kappa shape index (κ3) is 4.47. The average molecular weight is 253 g/mol. The quantitative estimate of drug-likeness (QED) is 0.713. The Bertz CT molecular complexity index is 364. The molecule has 1 heterocycles. The zero-order valence-electron chi connectivity index (χ0n) is 8.10. The molecular weight excluding hydrogens is 243 g/mol. The maximum absolute atomic E-state index is 11.7. The molecule has 1 rings (SSSR count). The topological polar surface area (TPSA) is 70.9 Å². The van der Waals surface area contributed by atoms with Gasteiger partial charge in [0.2, 0.25) is 0 Å². The van der Waals surface area contributed by atoms with Gasteiger partial charge < -0.3 is 16.0 Å². The average Bonchev–Trinajstić information content (AvgIpc) is 2.57. The molecule has 1 aromatic rings. The van der Waals surface area contributed by atoms with Gasteiger partial charge in [0.1, 0.15) is 5.69 Å². The van der Waals surface area contributed by atoms with Crippen molar-refractivity contribution in [3.63, 3.8) is 0 Å². The molecule has 0 unspecified atom stereocenters. The van der Waals surface area contributed by atoms with Crippen LogP contribution in [0.25, 0.3) is 0 Å². The molecule has 0 fully saturated rings. The maximum atomic E-state index is 11.7. The van der Waals surface area contributed by atoms with Gasteiger partial charge in [-0.15, -0.1) is 0 Å². The van der Waals surface area contributed by atoms with Gasteiger partial charge in [-0.2, -0.15) is 13.2 Å². The second kappa shape index (κ2) is 5.15. The van der Waals surface area contributed by atoms with Crippen molar-refractivity contribution < 1.29 is 18.0 Å². The van der Waals surface area contributed by atoms with E-state index in [9.17, 15) is 18.0 Å². The number of carbonyl (C=O) groups excluding carboxylic acids is 1. The van der Waals surface area contributed by atoms with Crippen LogP contribution in [-0.4, -0.2) is 28.7 Å². The summed E-state index contributed by atoms with van der Waals surface area (Å²) >= 11 is -0.174. The largest absolute Gasteiger partial charge is 0.441 e. The highest BCUT2D eigenvalue weighted by atomic mass is 32.2. The van der Waals surface area contributed by atoms with Crippen molar-refractivity contribution >= 4 is 23.4 Å². The Hall–Kier alpha value is -1.31. The number of nitrogen functional groups attached to an aromatic ring is 1. The van der Waals surface area contributed by atoms with Gasteiger partial charge >= 0.3 is 5.51 Å². The lowest BCUT2D eigenvalue weighted by atomic mass is 10.4. The van der Waals surface area contributed by atoms with Crippen LogP contribution in [-0.2, 0) is 0 Å². The van der Waals surface area contributed by atoms with E-state index in [0.29, 0.717) is 5.69 Å². The number of rotatable bonds is 4. The molecule has 0 aliphatic rings. The summed E-state index contributed by atoms with van der Waals surface area (Å²) in [7, 11) is 0. The van der Waals surface area contributed by atoms with E-state index in [1.165, 1.54) is 12.3 Å². The van der Waals surface area contributed by atoms with E-state index in [0.717, 1.165) is 0 Å². The molecule has 1 amide bonds. The number of anilines is 1. The number of hydrogen-bond donors (Lipinski definition) is 3. The number of thioether (sulfide) groups is 1. The third-order valence-corrected chi connectivity index (χ3v) is 2.34. The van der Waals surface area contributed by atoms with Crippen molar-refractivity contribution in [3.05, 3.63) is 18.0 Å². The Morgan fingerprint density at radius 1 is 1.56 bits per heavy atom. The number of alkyl halides is 3. The van der Waals surface area contributed by atoms with Crippen molar-refractivity contribution in [1.82, 2.24) is 10.3 Å². The van der Waals surface area contributed by atoms with Crippen LogP contribution in [0.5, 0.6) is 0 Å². The predicted octanol–water partition coefficient (Wildman–Crippen LogP) is 1.58.